The number of carbonyl (C=O) groups is 2. The fraction of sp³-hybridized carbons (Fsp3) is 0.417. The predicted octanol–water partition coefficient (Wildman–Crippen LogP) is 2.10. The number of quaternary nitrogens is 1. The smallest absolute Gasteiger partial charge is 0.227 e. The van der Waals surface area contributed by atoms with Crippen LogP contribution in [0.3, 0.4) is 0 Å². The summed E-state index contributed by atoms with van der Waals surface area (Å²) in [5.41, 5.74) is 4.36. The molecule has 1 heterocycles. The van der Waals surface area contributed by atoms with E-state index in [1.165, 1.54) is 16.0 Å². The highest BCUT2D eigenvalue weighted by Crippen LogP contribution is 2.21. The number of rotatable bonds is 9. The Labute approximate surface area is 173 Å². The van der Waals surface area contributed by atoms with E-state index in [0.717, 1.165) is 43.9 Å². The average molecular weight is 395 g/mol. The molecule has 1 fully saturated rings. The lowest BCUT2D eigenvalue weighted by Gasteiger charge is -2.18. The molecule has 0 saturated carbocycles. The van der Waals surface area contributed by atoms with Crippen LogP contribution >= 0.6 is 0 Å². The third-order valence-electron chi connectivity index (χ3n) is 5.72. The monoisotopic (exact) mass is 394 g/mol. The molecule has 5 nitrogen and oxygen atoms in total. The van der Waals surface area contributed by atoms with E-state index in [1.54, 1.807) is 0 Å². The van der Waals surface area contributed by atoms with E-state index in [2.05, 4.69) is 37.4 Å². The Morgan fingerprint density at radius 1 is 1.03 bits per heavy atom. The van der Waals surface area contributed by atoms with Crippen LogP contribution in [0.25, 0.3) is 0 Å². The highest BCUT2D eigenvalue weighted by atomic mass is 16.2. The highest BCUT2D eigenvalue weighted by Gasteiger charge is 2.21. The van der Waals surface area contributed by atoms with Gasteiger partial charge in [0.1, 0.15) is 6.54 Å². The van der Waals surface area contributed by atoms with Crippen LogP contribution < -0.4 is 15.1 Å². The molecular weight excluding hydrogens is 362 g/mol. The van der Waals surface area contributed by atoms with Crippen molar-refractivity contribution in [3.63, 3.8) is 0 Å². The van der Waals surface area contributed by atoms with Gasteiger partial charge in [0.05, 0.1) is 19.5 Å². The molecule has 154 valence electrons. The summed E-state index contributed by atoms with van der Waals surface area (Å²) in [7, 11) is 0. The zero-order valence-corrected chi connectivity index (χ0v) is 17.5. The molecule has 0 aromatic heterocycles. The van der Waals surface area contributed by atoms with Gasteiger partial charge in [-0.05, 0) is 43.5 Å². The van der Waals surface area contributed by atoms with E-state index in [4.69, 9.17) is 0 Å². The maximum atomic E-state index is 12.4. The number of nitrogens with zero attached hydrogens (tertiary/aromatic N) is 1. The van der Waals surface area contributed by atoms with Crippen LogP contribution in [0.5, 0.6) is 0 Å². The minimum atomic E-state index is 0.0139. The fourth-order valence-electron chi connectivity index (χ4n) is 3.83. The number of carbonyl (C=O) groups excluding carboxylic acids is 2. The molecule has 1 saturated heterocycles. The zero-order valence-electron chi connectivity index (χ0n) is 17.5. The molecule has 5 heteroatoms. The first-order valence-corrected chi connectivity index (χ1v) is 10.7. The quantitative estimate of drug-likeness (QED) is 0.684. The predicted molar refractivity (Wildman–Crippen MR) is 116 cm³/mol. The van der Waals surface area contributed by atoms with Crippen LogP contribution in [0.2, 0.25) is 0 Å². The van der Waals surface area contributed by atoms with Crippen molar-refractivity contribution in [2.45, 2.75) is 46.2 Å². The minimum Gasteiger partial charge on any atom is -0.352 e. The summed E-state index contributed by atoms with van der Waals surface area (Å²) in [6, 6.07) is 16.1. The van der Waals surface area contributed by atoms with Crippen LogP contribution in [0.15, 0.2) is 48.5 Å². The van der Waals surface area contributed by atoms with Crippen LogP contribution in [-0.4, -0.2) is 31.4 Å². The summed E-state index contributed by atoms with van der Waals surface area (Å²) in [4.78, 5) is 27.6. The second-order valence-corrected chi connectivity index (χ2v) is 7.67. The molecule has 0 bridgehead atoms. The Morgan fingerprint density at radius 3 is 2.34 bits per heavy atom. The molecule has 3 rings (SSSR count). The Balaban J connectivity index is 1.54. The number of hydrogen-bond acceptors (Lipinski definition) is 2. The maximum Gasteiger partial charge on any atom is 0.227 e. The van der Waals surface area contributed by atoms with Gasteiger partial charge in [-0.2, -0.15) is 0 Å². The first-order valence-electron chi connectivity index (χ1n) is 10.7. The van der Waals surface area contributed by atoms with Crippen molar-refractivity contribution in [2.24, 2.45) is 0 Å². The number of anilines is 1. The van der Waals surface area contributed by atoms with E-state index >= 15 is 0 Å². The Bertz CT molecular complexity index is 828. The Hall–Kier alpha value is -2.66. The second kappa shape index (κ2) is 10.2. The summed E-state index contributed by atoms with van der Waals surface area (Å²) in [6.07, 6.45) is 1.89. The lowest BCUT2D eigenvalue weighted by molar-refractivity contribution is -0.910. The molecule has 2 aromatic rings. The Kier molecular flexibility index (Phi) is 7.42. The van der Waals surface area contributed by atoms with Crippen molar-refractivity contribution >= 4 is 17.5 Å². The maximum absolute atomic E-state index is 12.4. The molecule has 0 radical (unpaired) electrons. The molecule has 1 aliphatic heterocycles. The molecule has 0 atom stereocenters. The van der Waals surface area contributed by atoms with Gasteiger partial charge in [0.15, 0.2) is 0 Å². The van der Waals surface area contributed by atoms with Crippen molar-refractivity contribution in [2.75, 3.05) is 24.5 Å². The summed E-state index contributed by atoms with van der Waals surface area (Å²) >= 11 is 0. The van der Waals surface area contributed by atoms with Gasteiger partial charge in [-0.15, -0.1) is 0 Å². The van der Waals surface area contributed by atoms with Gasteiger partial charge >= 0.3 is 0 Å². The van der Waals surface area contributed by atoms with E-state index in [9.17, 15) is 9.59 Å². The summed E-state index contributed by atoms with van der Waals surface area (Å²) in [6.45, 7) is 8.91. The van der Waals surface area contributed by atoms with Gasteiger partial charge in [-0.3, -0.25) is 9.59 Å². The van der Waals surface area contributed by atoms with Crippen LogP contribution in [0, 0.1) is 0 Å². The largest absolute Gasteiger partial charge is 0.352 e. The topological polar surface area (TPSA) is 53.9 Å². The molecule has 29 heavy (non-hydrogen) atoms. The third-order valence-corrected chi connectivity index (χ3v) is 5.72. The number of benzene rings is 2. The van der Waals surface area contributed by atoms with Gasteiger partial charge in [-0.1, -0.05) is 36.4 Å². The van der Waals surface area contributed by atoms with Crippen molar-refractivity contribution in [1.29, 1.82) is 0 Å². The third kappa shape index (κ3) is 5.67. The van der Waals surface area contributed by atoms with Crippen LogP contribution in [0.1, 0.15) is 43.4 Å². The molecule has 0 aliphatic carbocycles. The van der Waals surface area contributed by atoms with Crippen LogP contribution in [0.4, 0.5) is 5.69 Å². The number of nitrogens with one attached hydrogen (secondary N) is 2. The molecule has 2 N–H and O–H groups in total. The highest BCUT2D eigenvalue weighted by molar-refractivity contribution is 5.95. The second-order valence-electron chi connectivity index (χ2n) is 7.67. The van der Waals surface area contributed by atoms with E-state index in [1.807, 2.05) is 35.2 Å². The van der Waals surface area contributed by atoms with Crippen molar-refractivity contribution in [3.8, 4) is 0 Å². The normalized spacial score (nSPS) is 13.9. The summed E-state index contributed by atoms with van der Waals surface area (Å²) in [5.74, 6) is 0.195. The van der Waals surface area contributed by atoms with Gasteiger partial charge in [0.25, 0.3) is 0 Å². The summed E-state index contributed by atoms with van der Waals surface area (Å²) < 4.78 is 0. The average Bonchev–Trinajstić information content (AvgIpc) is 3.17. The number of hydrogen-bond donors (Lipinski definition) is 2. The standard InChI is InChI=1S/C24H31N3O2/c1-3-26(4-2)18-21-9-6-5-8-20(21)17-25-23(28)16-19-11-13-22(14-12-19)27-15-7-10-24(27)29/h5-6,8-9,11-14H,3-4,7,10,15-18H2,1-2H3,(H,25,28)/p+1. The van der Waals surface area contributed by atoms with Crippen molar-refractivity contribution < 1.29 is 14.5 Å². The van der Waals surface area contributed by atoms with E-state index < -0.39 is 0 Å². The van der Waals surface area contributed by atoms with Gasteiger partial charge < -0.3 is 15.1 Å². The van der Waals surface area contributed by atoms with Crippen molar-refractivity contribution in [3.05, 3.63) is 65.2 Å². The minimum absolute atomic E-state index is 0.0139. The molecular formula is C24H32N3O2+. The lowest BCUT2D eigenvalue weighted by atomic mass is 10.1. The van der Waals surface area contributed by atoms with Crippen molar-refractivity contribution in [1.82, 2.24) is 5.32 Å². The first-order chi connectivity index (χ1) is 14.1. The van der Waals surface area contributed by atoms with Crippen LogP contribution in [-0.2, 0) is 29.1 Å². The molecule has 2 amide bonds. The molecule has 0 unspecified atom stereocenters. The molecule has 2 aromatic carbocycles. The van der Waals surface area contributed by atoms with Gasteiger partial charge in [0.2, 0.25) is 11.8 Å². The first kappa shape index (κ1) is 21.1. The zero-order chi connectivity index (χ0) is 20.6. The van der Waals surface area contributed by atoms with E-state index in [0.29, 0.717) is 19.4 Å². The Morgan fingerprint density at radius 2 is 1.72 bits per heavy atom. The molecule has 0 spiro atoms. The number of amides is 2. The van der Waals surface area contributed by atoms with Gasteiger partial charge in [0, 0.05) is 30.8 Å². The summed E-state index contributed by atoms with van der Waals surface area (Å²) in [5, 5.41) is 3.06. The van der Waals surface area contributed by atoms with E-state index in [-0.39, 0.29) is 11.8 Å². The lowest BCUT2D eigenvalue weighted by Crippen LogP contribution is -3.10. The van der Waals surface area contributed by atoms with Gasteiger partial charge in [-0.25, -0.2) is 0 Å². The molecule has 1 aliphatic rings. The fourth-order valence-corrected chi connectivity index (χ4v) is 3.83. The SMILES string of the molecule is CC[NH+](CC)Cc1ccccc1CNC(=O)Cc1ccc(N2CCCC2=O)cc1.